The van der Waals surface area contributed by atoms with Gasteiger partial charge in [-0.1, -0.05) is 24.3 Å². The van der Waals surface area contributed by atoms with Crippen LogP contribution in [0.15, 0.2) is 47.7 Å². The number of ether oxygens (including phenoxy) is 1. The van der Waals surface area contributed by atoms with Gasteiger partial charge in [-0.15, -0.1) is 0 Å². The van der Waals surface area contributed by atoms with E-state index in [1.165, 1.54) is 6.08 Å². The smallest absolute Gasteiger partial charge is 0.186 e. The van der Waals surface area contributed by atoms with Gasteiger partial charge in [-0.3, -0.25) is 4.79 Å². The molecule has 2 aliphatic carbocycles. The summed E-state index contributed by atoms with van der Waals surface area (Å²) in [7, 11) is 0. The Morgan fingerprint density at radius 3 is 2.83 bits per heavy atom. The second-order valence-corrected chi connectivity index (χ2v) is 4.15. The van der Waals surface area contributed by atoms with Gasteiger partial charge in [0.25, 0.3) is 0 Å². The first kappa shape index (κ1) is 11.0. The average molecular weight is 240 g/mol. The Bertz CT molecular complexity index is 606. The molecule has 3 rings (SSSR count). The van der Waals surface area contributed by atoms with Gasteiger partial charge in [-0.05, 0) is 29.4 Å². The molecular formula is C15H12O3. The monoisotopic (exact) mass is 240 g/mol. The van der Waals surface area contributed by atoms with Gasteiger partial charge in [0.1, 0.15) is 12.4 Å². The maximum absolute atomic E-state index is 11.9. The number of allylic oxidation sites excluding steroid dienone is 4. The van der Waals surface area contributed by atoms with Crippen LogP contribution in [0.2, 0.25) is 0 Å². The van der Waals surface area contributed by atoms with Crippen LogP contribution in [0.4, 0.5) is 0 Å². The molecule has 0 aromatic heterocycles. The first-order valence-corrected chi connectivity index (χ1v) is 5.83. The summed E-state index contributed by atoms with van der Waals surface area (Å²) in [5.74, 6) is 0.650. The first-order valence-electron chi connectivity index (χ1n) is 5.83. The summed E-state index contributed by atoms with van der Waals surface area (Å²) in [6, 6.07) is 7.84. The van der Waals surface area contributed by atoms with Gasteiger partial charge in [-0.25, -0.2) is 0 Å². The van der Waals surface area contributed by atoms with E-state index in [2.05, 4.69) is 0 Å². The lowest BCUT2D eigenvalue weighted by atomic mass is 9.95. The quantitative estimate of drug-likeness (QED) is 0.878. The summed E-state index contributed by atoms with van der Waals surface area (Å²) in [5.41, 5.74) is 3.56. The Labute approximate surface area is 105 Å². The normalized spacial score (nSPS) is 16.5. The standard InChI is InChI=1S/C15H12O3/c16-7-8-18-14-6-5-13(17)12-9-10-3-1-2-4-11(10)15(12)14/h1-6,9,16H,7-8H2. The Morgan fingerprint density at radius 2 is 2.00 bits per heavy atom. The van der Waals surface area contributed by atoms with Crippen LogP contribution in [0.1, 0.15) is 11.1 Å². The molecule has 90 valence electrons. The van der Waals surface area contributed by atoms with Gasteiger partial charge in [0, 0.05) is 11.1 Å². The lowest BCUT2D eigenvalue weighted by Gasteiger charge is -2.15. The summed E-state index contributed by atoms with van der Waals surface area (Å²) >= 11 is 0. The Balaban J connectivity index is 2.13. The van der Waals surface area contributed by atoms with E-state index < -0.39 is 0 Å². The molecule has 2 aliphatic rings. The molecule has 1 aromatic rings. The number of aliphatic hydroxyl groups excluding tert-OH is 1. The molecule has 0 atom stereocenters. The van der Waals surface area contributed by atoms with Gasteiger partial charge in [0.15, 0.2) is 5.78 Å². The van der Waals surface area contributed by atoms with E-state index in [1.54, 1.807) is 6.08 Å². The summed E-state index contributed by atoms with van der Waals surface area (Å²) < 4.78 is 5.50. The van der Waals surface area contributed by atoms with Crippen LogP contribution in [0.25, 0.3) is 11.6 Å². The van der Waals surface area contributed by atoms with E-state index in [9.17, 15) is 4.79 Å². The SMILES string of the molecule is O=C1C=CC(OCCO)=C2C1=Cc1ccccc12. The molecule has 1 aromatic carbocycles. The van der Waals surface area contributed by atoms with E-state index in [-0.39, 0.29) is 19.0 Å². The molecule has 0 spiro atoms. The summed E-state index contributed by atoms with van der Waals surface area (Å²) in [6.45, 7) is 0.187. The van der Waals surface area contributed by atoms with Crippen molar-refractivity contribution in [1.82, 2.24) is 0 Å². The average Bonchev–Trinajstić information content (AvgIpc) is 2.79. The highest BCUT2D eigenvalue weighted by atomic mass is 16.5. The fraction of sp³-hybridized carbons (Fsp3) is 0.133. The minimum atomic E-state index is -0.0424. The van der Waals surface area contributed by atoms with Crippen LogP contribution in [-0.2, 0) is 9.53 Å². The molecule has 0 saturated heterocycles. The zero-order valence-corrected chi connectivity index (χ0v) is 9.72. The molecule has 18 heavy (non-hydrogen) atoms. The molecule has 1 N–H and O–H groups in total. The maximum Gasteiger partial charge on any atom is 0.186 e. The maximum atomic E-state index is 11.9. The molecular weight excluding hydrogens is 228 g/mol. The second kappa shape index (κ2) is 4.27. The number of carbonyl (C=O) groups excluding carboxylic acids is 1. The molecule has 0 amide bonds. The minimum absolute atomic E-state index is 0.00227. The van der Waals surface area contributed by atoms with Crippen LogP contribution in [0, 0.1) is 0 Å². The fourth-order valence-corrected chi connectivity index (χ4v) is 2.28. The van der Waals surface area contributed by atoms with Gasteiger partial charge in [0.2, 0.25) is 0 Å². The van der Waals surface area contributed by atoms with Gasteiger partial charge >= 0.3 is 0 Å². The molecule has 0 bridgehead atoms. The number of aliphatic hydroxyl groups is 1. The highest BCUT2D eigenvalue weighted by molar-refractivity contribution is 6.24. The van der Waals surface area contributed by atoms with Crippen molar-refractivity contribution in [3.8, 4) is 0 Å². The third-order valence-electron chi connectivity index (χ3n) is 3.05. The highest BCUT2D eigenvalue weighted by Crippen LogP contribution is 2.40. The van der Waals surface area contributed by atoms with Gasteiger partial charge < -0.3 is 9.84 Å². The summed E-state index contributed by atoms with van der Waals surface area (Å²) in [6.07, 6.45) is 5.07. The molecule has 0 unspecified atom stereocenters. The molecule has 3 nitrogen and oxygen atoms in total. The fourth-order valence-electron chi connectivity index (χ4n) is 2.28. The number of carbonyl (C=O) groups is 1. The molecule has 3 heteroatoms. The van der Waals surface area contributed by atoms with E-state index in [1.807, 2.05) is 30.3 Å². The number of benzene rings is 1. The van der Waals surface area contributed by atoms with Crippen molar-refractivity contribution in [2.24, 2.45) is 0 Å². The Morgan fingerprint density at radius 1 is 1.17 bits per heavy atom. The van der Waals surface area contributed by atoms with Crippen LogP contribution in [0.5, 0.6) is 0 Å². The molecule has 0 radical (unpaired) electrons. The summed E-state index contributed by atoms with van der Waals surface area (Å²) in [5, 5.41) is 8.83. The van der Waals surface area contributed by atoms with Gasteiger partial charge in [-0.2, -0.15) is 0 Å². The largest absolute Gasteiger partial charge is 0.491 e. The van der Waals surface area contributed by atoms with Crippen molar-refractivity contribution < 1.29 is 14.6 Å². The van der Waals surface area contributed by atoms with Crippen molar-refractivity contribution in [3.63, 3.8) is 0 Å². The van der Waals surface area contributed by atoms with Crippen molar-refractivity contribution in [3.05, 3.63) is 58.9 Å². The molecule has 0 saturated carbocycles. The molecule has 0 fully saturated rings. The van der Waals surface area contributed by atoms with Crippen molar-refractivity contribution in [2.45, 2.75) is 0 Å². The number of hydrogen-bond donors (Lipinski definition) is 1. The van der Waals surface area contributed by atoms with E-state index in [4.69, 9.17) is 9.84 Å². The van der Waals surface area contributed by atoms with Gasteiger partial charge in [0.05, 0.1) is 6.61 Å². The van der Waals surface area contributed by atoms with Crippen LogP contribution in [0.3, 0.4) is 0 Å². The first-order chi connectivity index (χ1) is 8.81. The van der Waals surface area contributed by atoms with E-state index in [0.717, 1.165) is 16.7 Å². The summed E-state index contributed by atoms with van der Waals surface area (Å²) in [4.78, 5) is 11.9. The van der Waals surface area contributed by atoms with E-state index in [0.29, 0.717) is 11.3 Å². The minimum Gasteiger partial charge on any atom is -0.491 e. The lowest BCUT2D eigenvalue weighted by Crippen LogP contribution is -2.08. The lowest BCUT2D eigenvalue weighted by molar-refractivity contribution is -0.111. The van der Waals surface area contributed by atoms with E-state index >= 15 is 0 Å². The predicted octanol–water partition coefficient (Wildman–Crippen LogP) is 1.94. The molecule has 0 heterocycles. The number of ketones is 1. The second-order valence-electron chi connectivity index (χ2n) is 4.15. The van der Waals surface area contributed by atoms with Crippen molar-refractivity contribution in [2.75, 3.05) is 13.2 Å². The Hall–Kier alpha value is -2.13. The van der Waals surface area contributed by atoms with Crippen molar-refractivity contribution in [1.29, 1.82) is 0 Å². The van der Waals surface area contributed by atoms with Crippen LogP contribution >= 0.6 is 0 Å². The third-order valence-corrected chi connectivity index (χ3v) is 3.05. The van der Waals surface area contributed by atoms with Crippen LogP contribution < -0.4 is 0 Å². The Kier molecular flexibility index (Phi) is 2.61. The highest BCUT2D eigenvalue weighted by Gasteiger charge is 2.28. The van der Waals surface area contributed by atoms with Crippen molar-refractivity contribution >= 4 is 17.4 Å². The third kappa shape index (κ3) is 1.60. The molecule has 0 aliphatic heterocycles. The number of rotatable bonds is 3. The zero-order valence-electron chi connectivity index (χ0n) is 9.72. The zero-order chi connectivity index (χ0) is 12.5. The number of hydrogen-bond acceptors (Lipinski definition) is 3. The number of fused-ring (bicyclic) bond motifs is 3. The topological polar surface area (TPSA) is 46.5 Å². The predicted molar refractivity (Wildman–Crippen MR) is 68.5 cm³/mol. The van der Waals surface area contributed by atoms with Crippen LogP contribution in [-0.4, -0.2) is 24.1 Å².